The van der Waals surface area contributed by atoms with Crippen molar-refractivity contribution in [3.05, 3.63) is 29.8 Å². The number of phenols is 1. The second-order valence-corrected chi connectivity index (χ2v) is 20.0. The highest BCUT2D eigenvalue weighted by Gasteiger charge is 2.33. The van der Waals surface area contributed by atoms with Crippen LogP contribution in [0, 0.1) is 0 Å². The van der Waals surface area contributed by atoms with E-state index in [0.717, 1.165) is 0 Å². The molecule has 0 unspecified atom stereocenters. The van der Waals surface area contributed by atoms with Crippen molar-refractivity contribution in [1.82, 2.24) is 20.7 Å². The Kier molecular flexibility index (Phi) is 14.1. The van der Waals surface area contributed by atoms with E-state index in [4.69, 9.17) is 4.74 Å². The van der Waals surface area contributed by atoms with Crippen LogP contribution >= 0.6 is 0 Å². The summed E-state index contributed by atoms with van der Waals surface area (Å²) in [6, 6.07) is 1.32. The minimum Gasteiger partial charge on any atom is -0.508 e. The van der Waals surface area contributed by atoms with Crippen LogP contribution in [0.3, 0.4) is 0 Å². The SMILES string of the molecule is C[C@@H](O)[C@@H](NC(=O)[C@@H](NC(=O)[C@@H](CCCNS(=O)(=O)CC[Si](C)(C)C)NC(=O)OC(C)(C)C)c1ccc(O)cc1)C(=O)O. The molecule has 3 amide bonds. The molecule has 0 radical (unpaired) electrons. The number of benzene rings is 1. The Morgan fingerprint density at radius 1 is 0.977 bits per heavy atom. The second kappa shape index (κ2) is 16.0. The molecule has 1 rings (SSSR count). The minimum absolute atomic E-state index is 0.00956. The first-order valence-electron chi connectivity index (χ1n) is 13.9. The standard InChI is InChI=1S/C27H46N4O10SSi/c1-17(32)21(25(36)37)30-24(35)22(18-10-12-19(33)13-11-18)31-23(34)20(29-26(38)41-27(2,3)4)9-8-14-28-42(39,40)15-16-43(5,6)7/h10-13,17,20-22,28,32-33H,8-9,14-16H2,1-7H3,(H,29,38)(H,30,35)(H,31,34)(H,36,37)/t17-,20-,21-,22+/m1/s1. The summed E-state index contributed by atoms with van der Waals surface area (Å²) in [7, 11) is -5.14. The van der Waals surface area contributed by atoms with Crippen LogP contribution in [0.5, 0.6) is 5.75 Å². The van der Waals surface area contributed by atoms with Gasteiger partial charge in [0.1, 0.15) is 23.4 Å². The molecule has 244 valence electrons. The van der Waals surface area contributed by atoms with Crippen LogP contribution in [0.1, 0.15) is 52.1 Å². The predicted molar refractivity (Wildman–Crippen MR) is 163 cm³/mol. The molecule has 7 N–H and O–H groups in total. The number of carboxylic acids is 1. The van der Waals surface area contributed by atoms with Gasteiger partial charge in [-0.15, -0.1) is 0 Å². The summed E-state index contributed by atoms with van der Waals surface area (Å²) < 4.78 is 32.6. The molecule has 0 aliphatic heterocycles. The van der Waals surface area contributed by atoms with Crippen LogP contribution in [0.25, 0.3) is 0 Å². The number of aliphatic carboxylic acids is 1. The van der Waals surface area contributed by atoms with Crippen molar-refractivity contribution in [2.24, 2.45) is 0 Å². The third kappa shape index (κ3) is 15.2. The zero-order chi connectivity index (χ0) is 33.2. The lowest BCUT2D eigenvalue weighted by molar-refractivity contribution is -0.145. The van der Waals surface area contributed by atoms with Crippen molar-refractivity contribution in [2.45, 2.75) is 96.1 Å². The second-order valence-electron chi connectivity index (χ2n) is 12.5. The van der Waals surface area contributed by atoms with E-state index in [1.54, 1.807) is 20.8 Å². The van der Waals surface area contributed by atoms with Gasteiger partial charge in [-0.1, -0.05) is 31.8 Å². The molecule has 43 heavy (non-hydrogen) atoms. The number of amides is 3. The van der Waals surface area contributed by atoms with Gasteiger partial charge in [0.05, 0.1) is 11.9 Å². The molecule has 16 heteroatoms. The normalized spacial score (nSPS) is 15.0. The number of carbonyl (C=O) groups is 4. The Bertz CT molecular complexity index is 1210. The average molecular weight is 647 g/mol. The number of sulfonamides is 1. The lowest BCUT2D eigenvalue weighted by Crippen LogP contribution is -2.54. The van der Waals surface area contributed by atoms with Crippen molar-refractivity contribution < 1.29 is 47.7 Å². The highest BCUT2D eigenvalue weighted by molar-refractivity contribution is 7.89. The van der Waals surface area contributed by atoms with Gasteiger partial charge in [0, 0.05) is 14.6 Å². The third-order valence-electron chi connectivity index (χ3n) is 5.94. The van der Waals surface area contributed by atoms with Gasteiger partial charge < -0.3 is 36.0 Å². The highest BCUT2D eigenvalue weighted by Crippen LogP contribution is 2.19. The zero-order valence-electron chi connectivity index (χ0n) is 25.8. The summed E-state index contributed by atoms with van der Waals surface area (Å²) in [4.78, 5) is 50.7. The maximum Gasteiger partial charge on any atom is 0.408 e. The average Bonchev–Trinajstić information content (AvgIpc) is 2.85. The van der Waals surface area contributed by atoms with Gasteiger partial charge in [0.2, 0.25) is 21.8 Å². The van der Waals surface area contributed by atoms with Gasteiger partial charge >= 0.3 is 12.1 Å². The number of phenolic OH excluding ortho intramolecular Hbond substituents is 1. The summed E-state index contributed by atoms with van der Waals surface area (Å²) in [5, 5.41) is 36.0. The van der Waals surface area contributed by atoms with Gasteiger partial charge in [-0.25, -0.2) is 22.7 Å². The quantitative estimate of drug-likeness (QED) is 0.101. The Balaban J connectivity index is 3.17. The van der Waals surface area contributed by atoms with E-state index in [1.165, 1.54) is 31.2 Å². The van der Waals surface area contributed by atoms with Crippen LogP contribution in [0.15, 0.2) is 24.3 Å². The van der Waals surface area contributed by atoms with Gasteiger partial charge in [-0.2, -0.15) is 0 Å². The summed E-state index contributed by atoms with van der Waals surface area (Å²) in [6.45, 7) is 12.2. The number of aliphatic hydroxyl groups is 1. The first kappa shape index (κ1) is 37.8. The lowest BCUT2D eigenvalue weighted by atomic mass is 10.0. The van der Waals surface area contributed by atoms with E-state index < -0.39 is 71.8 Å². The summed E-state index contributed by atoms with van der Waals surface area (Å²) in [6.07, 6.45) is -2.29. The maximum absolute atomic E-state index is 13.4. The number of alkyl carbamates (subject to hydrolysis) is 1. The largest absolute Gasteiger partial charge is 0.508 e. The molecule has 0 aliphatic rings. The molecule has 1 aromatic carbocycles. The molecule has 14 nitrogen and oxygen atoms in total. The summed E-state index contributed by atoms with van der Waals surface area (Å²) in [5.74, 6) is -3.46. The van der Waals surface area contributed by atoms with Crippen LogP contribution in [-0.2, 0) is 29.1 Å². The molecule has 1 aromatic rings. The monoisotopic (exact) mass is 646 g/mol. The van der Waals surface area contributed by atoms with Gasteiger partial charge in [-0.05, 0) is 64.3 Å². The number of hydrogen-bond acceptors (Lipinski definition) is 9. The molecule has 0 aliphatic carbocycles. The first-order valence-corrected chi connectivity index (χ1v) is 19.2. The Morgan fingerprint density at radius 2 is 1.56 bits per heavy atom. The summed E-state index contributed by atoms with van der Waals surface area (Å²) in [5.41, 5.74) is -0.720. The van der Waals surface area contributed by atoms with E-state index in [2.05, 4.69) is 40.3 Å². The number of rotatable bonds is 16. The molecule has 0 fully saturated rings. The van der Waals surface area contributed by atoms with E-state index >= 15 is 0 Å². The van der Waals surface area contributed by atoms with Gasteiger partial charge in [0.15, 0.2) is 6.04 Å². The van der Waals surface area contributed by atoms with Crippen molar-refractivity contribution in [3.63, 3.8) is 0 Å². The molecular weight excluding hydrogens is 600 g/mol. The molecule has 0 aromatic heterocycles. The van der Waals surface area contributed by atoms with Crippen LogP contribution in [0.4, 0.5) is 4.79 Å². The Hall–Kier alpha value is -3.21. The molecule has 0 heterocycles. The molecule has 0 bridgehead atoms. The number of aromatic hydroxyl groups is 1. The van der Waals surface area contributed by atoms with Gasteiger partial charge in [-0.3, -0.25) is 9.59 Å². The smallest absolute Gasteiger partial charge is 0.408 e. The molecule has 4 atom stereocenters. The van der Waals surface area contributed by atoms with Crippen LogP contribution in [-0.4, -0.2) is 91.8 Å². The molecule has 0 spiro atoms. The zero-order valence-corrected chi connectivity index (χ0v) is 27.6. The van der Waals surface area contributed by atoms with Crippen molar-refractivity contribution in [2.75, 3.05) is 12.3 Å². The number of ether oxygens (including phenoxy) is 1. The molecule has 0 saturated heterocycles. The Morgan fingerprint density at radius 3 is 2.05 bits per heavy atom. The van der Waals surface area contributed by atoms with E-state index in [0.29, 0.717) is 6.04 Å². The van der Waals surface area contributed by atoms with Crippen LogP contribution in [0.2, 0.25) is 25.7 Å². The molecular formula is C27H46N4O10SSi. The Labute approximate surface area is 254 Å². The van der Waals surface area contributed by atoms with Crippen molar-refractivity contribution >= 4 is 42.0 Å². The number of nitrogens with one attached hydrogen (secondary N) is 4. The van der Waals surface area contributed by atoms with E-state index in [-0.39, 0.29) is 36.5 Å². The minimum atomic E-state index is -3.55. The highest BCUT2D eigenvalue weighted by atomic mass is 32.2. The summed E-state index contributed by atoms with van der Waals surface area (Å²) >= 11 is 0. The fourth-order valence-electron chi connectivity index (χ4n) is 3.60. The van der Waals surface area contributed by atoms with Crippen LogP contribution < -0.4 is 20.7 Å². The first-order chi connectivity index (χ1) is 19.6. The maximum atomic E-state index is 13.4. The third-order valence-corrected chi connectivity index (χ3v) is 9.44. The number of carboxylic acid groups (broad SMARTS) is 1. The predicted octanol–water partition coefficient (Wildman–Crippen LogP) is 1.43. The van der Waals surface area contributed by atoms with E-state index in [9.17, 15) is 42.9 Å². The van der Waals surface area contributed by atoms with Crippen molar-refractivity contribution in [3.8, 4) is 5.75 Å². The number of hydrogen-bond donors (Lipinski definition) is 7. The number of carbonyl (C=O) groups excluding carboxylic acids is 3. The fourth-order valence-corrected chi connectivity index (χ4v) is 7.72. The lowest BCUT2D eigenvalue weighted by Gasteiger charge is -2.26. The van der Waals surface area contributed by atoms with Gasteiger partial charge in [0.25, 0.3) is 0 Å². The number of aliphatic hydroxyl groups excluding tert-OH is 1. The fraction of sp³-hybridized carbons (Fsp3) is 0.630. The molecule has 0 saturated carbocycles. The van der Waals surface area contributed by atoms with Crippen molar-refractivity contribution in [1.29, 1.82) is 0 Å². The topological polar surface area (TPSA) is 220 Å². The van der Waals surface area contributed by atoms with E-state index in [1.807, 2.05) is 0 Å².